The van der Waals surface area contributed by atoms with E-state index in [0.717, 1.165) is 0 Å². The molecule has 0 heterocycles. The van der Waals surface area contributed by atoms with E-state index in [1.54, 1.807) is 13.0 Å². The average molecular weight is 111 g/mol. The third-order valence-electron chi connectivity index (χ3n) is 0.670. The predicted molar refractivity (Wildman–Crippen MR) is 31.1 cm³/mol. The molecule has 0 saturated carbocycles. The van der Waals surface area contributed by atoms with Gasteiger partial charge in [0.2, 0.25) is 0 Å². The van der Waals surface area contributed by atoms with Gasteiger partial charge in [-0.25, -0.2) is 0 Å². The first kappa shape index (κ1) is 7.19. The molecule has 0 rings (SSSR count). The Balaban J connectivity index is 3.19. The Morgan fingerprint density at radius 1 is 1.88 bits per heavy atom. The van der Waals surface area contributed by atoms with Crippen LogP contribution in [0.15, 0.2) is 12.2 Å². The number of nitrogens with zero attached hydrogens (tertiary/aromatic N) is 1. The zero-order valence-electron chi connectivity index (χ0n) is 4.83. The molecule has 1 atom stereocenters. The Bertz CT molecular complexity index is 110. The zero-order chi connectivity index (χ0) is 6.41. The fraction of sp³-hybridized carbons (Fsp3) is 0.500. The maximum absolute atomic E-state index is 8.62. The van der Waals surface area contributed by atoms with Gasteiger partial charge in [0.15, 0.2) is 0 Å². The highest BCUT2D eigenvalue weighted by Crippen LogP contribution is 1.88. The molecule has 0 aliphatic heterocycles. The first-order chi connectivity index (χ1) is 3.77. The van der Waals surface area contributed by atoms with Crippen LogP contribution in [0.3, 0.4) is 0 Å². The van der Waals surface area contributed by atoms with E-state index in [-0.39, 0.29) is 6.10 Å². The maximum atomic E-state index is 8.62. The van der Waals surface area contributed by atoms with E-state index in [9.17, 15) is 0 Å². The van der Waals surface area contributed by atoms with Gasteiger partial charge in [-0.3, -0.25) is 0 Å². The summed E-state index contributed by atoms with van der Waals surface area (Å²) in [7, 11) is 0. The third kappa shape index (κ3) is 5.19. The van der Waals surface area contributed by atoms with Crippen LogP contribution in [0.1, 0.15) is 13.3 Å². The number of hydrogen-bond acceptors (Lipinski definition) is 2. The molecule has 1 unspecified atom stereocenters. The number of aliphatic hydroxyl groups is 1. The van der Waals surface area contributed by atoms with Crippen LogP contribution in [0.25, 0.3) is 0 Å². The zero-order valence-corrected chi connectivity index (χ0v) is 4.83. The molecule has 0 aliphatic carbocycles. The summed E-state index contributed by atoms with van der Waals surface area (Å²) in [5.74, 6) is 0. The molecule has 0 radical (unpaired) electrons. The minimum Gasteiger partial charge on any atom is -0.393 e. The van der Waals surface area contributed by atoms with E-state index in [1.807, 2.05) is 6.07 Å². The van der Waals surface area contributed by atoms with Crippen molar-refractivity contribution >= 4 is 0 Å². The van der Waals surface area contributed by atoms with Gasteiger partial charge in [-0.2, -0.15) is 5.26 Å². The Morgan fingerprint density at radius 3 is 2.88 bits per heavy atom. The number of aliphatic hydroxyl groups excluding tert-OH is 1. The van der Waals surface area contributed by atoms with Gasteiger partial charge in [0, 0.05) is 6.08 Å². The van der Waals surface area contributed by atoms with Crippen LogP contribution in [-0.2, 0) is 0 Å². The van der Waals surface area contributed by atoms with Gasteiger partial charge >= 0.3 is 0 Å². The van der Waals surface area contributed by atoms with Gasteiger partial charge in [0.05, 0.1) is 12.2 Å². The van der Waals surface area contributed by atoms with E-state index in [0.29, 0.717) is 6.42 Å². The van der Waals surface area contributed by atoms with E-state index >= 15 is 0 Å². The van der Waals surface area contributed by atoms with Crippen molar-refractivity contribution in [2.24, 2.45) is 0 Å². The molecule has 0 aromatic carbocycles. The largest absolute Gasteiger partial charge is 0.393 e. The molecule has 8 heavy (non-hydrogen) atoms. The topological polar surface area (TPSA) is 44.0 Å². The minimum absolute atomic E-state index is 0.334. The molecular weight excluding hydrogens is 102 g/mol. The smallest absolute Gasteiger partial charge is 0.0908 e. The fourth-order valence-corrected chi connectivity index (χ4v) is 0.318. The van der Waals surface area contributed by atoms with Crippen molar-refractivity contribution in [1.29, 1.82) is 5.26 Å². The van der Waals surface area contributed by atoms with E-state index in [4.69, 9.17) is 10.4 Å². The highest BCUT2D eigenvalue weighted by Gasteiger charge is 1.86. The molecule has 2 heteroatoms. The lowest BCUT2D eigenvalue weighted by Crippen LogP contribution is -1.94. The van der Waals surface area contributed by atoms with Crippen molar-refractivity contribution in [2.45, 2.75) is 19.4 Å². The summed E-state index contributed by atoms with van der Waals surface area (Å²) in [5.41, 5.74) is 0. The summed E-state index contributed by atoms with van der Waals surface area (Å²) >= 11 is 0. The molecule has 0 bridgehead atoms. The van der Waals surface area contributed by atoms with Crippen molar-refractivity contribution in [3.05, 3.63) is 12.2 Å². The van der Waals surface area contributed by atoms with Gasteiger partial charge < -0.3 is 5.11 Å². The standard InChI is InChI=1S/C6H9NO/c1-6(8)4-2-3-5-7/h2-3,6,8H,4H2,1H3/b3-2+. The molecule has 0 saturated heterocycles. The van der Waals surface area contributed by atoms with Crippen molar-refractivity contribution in [2.75, 3.05) is 0 Å². The highest BCUT2D eigenvalue weighted by molar-refractivity contribution is 5.01. The monoisotopic (exact) mass is 111 g/mol. The third-order valence-corrected chi connectivity index (χ3v) is 0.670. The maximum Gasteiger partial charge on any atom is 0.0908 e. The van der Waals surface area contributed by atoms with Crippen LogP contribution in [0, 0.1) is 11.3 Å². The fourth-order valence-electron chi connectivity index (χ4n) is 0.318. The average Bonchev–Trinajstić information content (AvgIpc) is 1.66. The van der Waals surface area contributed by atoms with Gasteiger partial charge in [0.1, 0.15) is 0 Å². The summed E-state index contributed by atoms with van der Waals surface area (Å²) in [5, 5.41) is 16.6. The first-order valence-electron chi connectivity index (χ1n) is 2.50. The predicted octanol–water partition coefficient (Wildman–Crippen LogP) is 0.837. The molecule has 0 spiro atoms. The summed E-state index contributed by atoms with van der Waals surface area (Å²) in [6, 6.07) is 1.83. The van der Waals surface area contributed by atoms with Crippen LogP contribution >= 0.6 is 0 Å². The van der Waals surface area contributed by atoms with Gasteiger partial charge in [-0.05, 0) is 13.3 Å². The number of nitriles is 1. The second-order valence-corrected chi connectivity index (χ2v) is 1.62. The molecule has 0 aliphatic rings. The highest BCUT2D eigenvalue weighted by atomic mass is 16.3. The van der Waals surface area contributed by atoms with Gasteiger partial charge in [0.25, 0.3) is 0 Å². The van der Waals surface area contributed by atoms with Gasteiger partial charge in [-0.15, -0.1) is 0 Å². The molecule has 0 amide bonds. The normalized spacial score (nSPS) is 13.6. The molecular formula is C6H9NO. The van der Waals surface area contributed by atoms with E-state index in [1.165, 1.54) is 6.08 Å². The van der Waals surface area contributed by atoms with Crippen molar-refractivity contribution in [3.8, 4) is 6.07 Å². The molecule has 0 aromatic rings. The van der Waals surface area contributed by atoms with Crippen molar-refractivity contribution in [3.63, 3.8) is 0 Å². The van der Waals surface area contributed by atoms with E-state index < -0.39 is 0 Å². The molecule has 0 fully saturated rings. The molecule has 1 N–H and O–H groups in total. The minimum atomic E-state index is -0.334. The SMILES string of the molecule is CC(O)C/C=C/C#N. The lowest BCUT2D eigenvalue weighted by Gasteiger charge is -1.93. The number of hydrogen-bond donors (Lipinski definition) is 1. The first-order valence-corrected chi connectivity index (χ1v) is 2.50. The summed E-state index contributed by atoms with van der Waals surface area (Å²) in [6.45, 7) is 1.68. The second kappa shape index (κ2) is 4.35. The van der Waals surface area contributed by atoms with E-state index in [2.05, 4.69) is 0 Å². The van der Waals surface area contributed by atoms with Gasteiger partial charge in [-0.1, -0.05) is 6.08 Å². The van der Waals surface area contributed by atoms with Crippen LogP contribution in [-0.4, -0.2) is 11.2 Å². The van der Waals surface area contributed by atoms with Crippen molar-refractivity contribution in [1.82, 2.24) is 0 Å². The van der Waals surface area contributed by atoms with Crippen LogP contribution in [0.2, 0.25) is 0 Å². The summed E-state index contributed by atoms with van der Waals surface area (Å²) in [4.78, 5) is 0. The number of rotatable bonds is 2. The van der Waals surface area contributed by atoms with Crippen molar-refractivity contribution < 1.29 is 5.11 Å². The van der Waals surface area contributed by atoms with Crippen LogP contribution in [0.5, 0.6) is 0 Å². The van der Waals surface area contributed by atoms with Crippen LogP contribution in [0.4, 0.5) is 0 Å². The molecule has 44 valence electrons. The Labute approximate surface area is 49.1 Å². The molecule has 0 aromatic heterocycles. The Kier molecular flexibility index (Phi) is 3.91. The Hall–Kier alpha value is -0.810. The lowest BCUT2D eigenvalue weighted by molar-refractivity contribution is 0.198. The van der Waals surface area contributed by atoms with Crippen LogP contribution < -0.4 is 0 Å². The second-order valence-electron chi connectivity index (χ2n) is 1.62. The molecule has 2 nitrogen and oxygen atoms in total. The summed E-state index contributed by atoms with van der Waals surface area (Å²) in [6.07, 6.45) is 3.24. The lowest BCUT2D eigenvalue weighted by atomic mass is 10.3. The quantitative estimate of drug-likeness (QED) is 0.536. The number of allylic oxidation sites excluding steroid dienone is 1. The Morgan fingerprint density at radius 2 is 2.50 bits per heavy atom. The summed E-state index contributed by atoms with van der Waals surface area (Å²) < 4.78 is 0.